The molecule has 0 spiro atoms. The van der Waals surface area contributed by atoms with Crippen LogP contribution in [0.4, 0.5) is 4.79 Å². The molecule has 7 heteroatoms. The number of amides is 1. The quantitative estimate of drug-likeness (QED) is 0.756. The highest BCUT2D eigenvalue weighted by atomic mass is 35.5. The highest BCUT2D eigenvalue weighted by molar-refractivity contribution is 6.33. The number of rotatable bonds is 4. The second-order valence-corrected chi connectivity index (χ2v) is 8.91. The van der Waals surface area contributed by atoms with Crippen molar-refractivity contribution in [1.82, 2.24) is 9.88 Å². The topological polar surface area (TPSA) is 60.9 Å². The maximum atomic E-state index is 12.2. The van der Waals surface area contributed by atoms with Gasteiger partial charge in [0.05, 0.1) is 19.2 Å². The monoisotopic (exact) mass is 404 g/mol. The van der Waals surface area contributed by atoms with Crippen LogP contribution >= 0.6 is 11.6 Å². The summed E-state index contributed by atoms with van der Waals surface area (Å²) in [7, 11) is 1.63. The molecule has 0 N–H and O–H groups in total. The number of hydrogen-bond donors (Lipinski definition) is 0. The summed E-state index contributed by atoms with van der Waals surface area (Å²) in [5.41, 5.74) is 0.347. The fourth-order valence-electron chi connectivity index (χ4n) is 3.95. The molecule has 6 nitrogen and oxygen atoms in total. The average molecular weight is 405 g/mol. The van der Waals surface area contributed by atoms with Crippen LogP contribution < -0.4 is 9.47 Å². The molecule has 4 rings (SSSR count). The molecule has 2 aromatic rings. The van der Waals surface area contributed by atoms with Gasteiger partial charge < -0.3 is 19.1 Å². The molecule has 3 atom stereocenters. The average Bonchev–Trinajstić information content (AvgIpc) is 3.08. The van der Waals surface area contributed by atoms with Crippen molar-refractivity contribution in [3.8, 4) is 11.5 Å². The van der Waals surface area contributed by atoms with Gasteiger partial charge in [-0.25, -0.2) is 4.79 Å². The fourth-order valence-corrected chi connectivity index (χ4v) is 4.15. The Labute approximate surface area is 169 Å². The number of piperidine rings is 1. The minimum Gasteiger partial charge on any atom is -0.497 e. The number of carbonyl (C=O) groups is 1. The molecule has 0 bridgehead atoms. The van der Waals surface area contributed by atoms with Crippen LogP contribution in [0.2, 0.25) is 5.02 Å². The van der Waals surface area contributed by atoms with E-state index in [9.17, 15) is 4.79 Å². The molecular formula is C21H25ClN2O4. The molecule has 150 valence electrons. The van der Waals surface area contributed by atoms with Crippen LogP contribution in [0.25, 0.3) is 10.9 Å². The Hall–Kier alpha value is -2.21. The van der Waals surface area contributed by atoms with Crippen LogP contribution in [0.5, 0.6) is 11.5 Å². The number of pyridine rings is 1. The van der Waals surface area contributed by atoms with E-state index < -0.39 is 5.60 Å². The third-order valence-corrected chi connectivity index (χ3v) is 5.69. The molecule has 1 aromatic carbocycles. The number of carbonyl (C=O) groups excluding carboxylic acids is 1. The molecule has 2 aliphatic rings. The molecule has 0 unspecified atom stereocenters. The Kier molecular flexibility index (Phi) is 4.78. The number of nitrogens with zero attached hydrogens (tertiary/aromatic N) is 2. The van der Waals surface area contributed by atoms with E-state index in [4.69, 9.17) is 25.8 Å². The smallest absolute Gasteiger partial charge is 0.410 e. The Morgan fingerprint density at radius 3 is 2.64 bits per heavy atom. The molecule has 1 saturated heterocycles. The van der Waals surface area contributed by atoms with Crippen LogP contribution in [0.15, 0.2) is 24.4 Å². The largest absolute Gasteiger partial charge is 0.497 e. The van der Waals surface area contributed by atoms with Crippen LogP contribution in [0.3, 0.4) is 0 Å². The molecule has 0 radical (unpaired) electrons. The first-order valence-corrected chi connectivity index (χ1v) is 9.87. The number of fused-ring (bicyclic) bond motifs is 2. The predicted molar refractivity (Wildman–Crippen MR) is 107 cm³/mol. The molecule has 1 aromatic heterocycles. The maximum absolute atomic E-state index is 12.2. The summed E-state index contributed by atoms with van der Waals surface area (Å²) in [6.45, 7) is 7.69. The van der Waals surface area contributed by atoms with E-state index in [1.165, 1.54) is 0 Å². The summed E-state index contributed by atoms with van der Waals surface area (Å²) in [5.74, 6) is 2.74. The minimum absolute atomic E-state index is 0.227. The molecular weight excluding hydrogens is 380 g/mol. The van der Waals surface area contributed by atoms with Crippen molar-refractivity contribution in [2.75, 3.05) is 26.8 Å². The minimum atomic E-state index is -0.466. The highest BCUT2D eigenvalue weighted by Gasteiger charge is 2.57. The van der Waals surface area contributed by atoms with Crippen molar-refractivity contribution < 1.29 is 19.0 Å². The Balaban J connectivity index is 1.39. The van der Waals surface area contributed by atoms with E-state index in [0.717, 1.165) is 29.7 Å². The van der Waals surface area contributed by atoms with Gasteiger partial charge in [0.15, 0.2) is 0 Å². The van der Waals surface area contributed by atoms with Crippen LogP contribution in [-0.4, -0.2) is 48.4 Å². The van der Waals surface area contributed by atoms with Crippen LogP contribution in [-0.2, 0) is 4.74 Å². The second kappa shape index (κ2) is 6.99. The van der Waals surface area contributed by atoms with Crippen LogP contribution in [0.1, 0.15) is 20.8 Å². The summed E-state index contributed by atoms with van der Waals surface area (Å²) in [6, 6.07) is 5.65. The van der Waals surface area contributed by atoms with Crippen molar-refractivity contribution in [3.63, 3.8) is 0 Å². The number of benzene rings is 1. The standard InChI is InChI=1S/C21H25ClN2O4/c1-21(2,3)28-20(25)24-9-14-15(10-24)16(14)11-27-19-13-7-12(26-4)5-6-18(13)23-8-17(19)22/h5-8,14-16H,9-11H2,1-4H3/t14-,15+,16+. The van der Waals surface area contributed by atoms with E-state index in [0.29, 0.717) is 35.1 Å². The van der Waals surface area contributed by atoms with Gasteiger partial charge in [-0.2, -0.15) is 0 Å². The molecule has 1 saturated carbocycles. The Morgan fingerprint density at radius 1 is 1.29 bits per heavy atom. The van der Waals surface area contributed by atoms with Gasteiger partial charge in [0, 0.05) is 30.6 Å². The van der Waals surface area contributed by atoms with E-state index in [1.54, 1.807) is 18.2 Å². The molecule has 2 heterocycles. The second-order valence-electron chi connectivity index (χ2n) is 8.51. The molecule has 2 fully saturated rings. The van der Waals surface area contributed by atoms with Crippen molar-refractivity contribution in [2.45, 2.75) is 26.4 Å². The number of methoxy groups -OCH3 is 1. The zero-order valence-corrected chi connectivity index (χ0v) is 17.3. The predicted octanol–water partition coefficient (Wildman–Crippen LogP) is 4.39. The third kappa shape index (κ3) is 3.70. The summed E-state index contributed by atoms with van der Waals surface area (Å²) in [5, 5.41) is 1.33. The summed E-state index contributed by atoms with van der Waals surface area (Å²) in [4.78, 5) is 18.4. The number of halogens is 1. The normalized spacial score (nSPS) is 23.5. The lowest BCUT2D eigenvalue weighted by Gasteiger charge is -2.26. The number of hydrogen-bond acceptors (Lipinski definition) is 5. The number of likely N-dealkylation sites (tertiary alicyclic amines) is 1. The summed E-state index contributed by atoms with van der Waals surface area (Å²) in [6.07, 6.45) is 1.39. The van der Waals surface area contributed by atoms with Gasteiger partial charge >= 0.3 is 6.09 Å². The Morgan fingerprint density at radius 2 is 2.00 bits per heavy atom. The first-order chi connectivity index (χ1) is 13.3. The zero-order chi connectivity index (χ0) is 20.1. The maximum Gasteiger partial charge on any atom is 0.410 e. The van der Waals surface area contributed by atoms with Gasteiger partial charge in [0.1, 0.15) is 22.1 Å². The fraction of sp³-hybridized carbons (Fsp3) is 0.524. The summed E-state index contributed by atoms with van der Waals surface area (Å²) < 4.78 is 16.9. The molecule has 1 aliphatic carbocycles. The lowest BCUT2D eigenvalue weighted by atomic mass is 10.2. The SMILES string of the molecule is COc1ccc2ncc(Cl)c(OC[C@@H]3[C@H]4CN(C(=O)OC(C)(C)C)C[C@@H]34)c2c1. The van der Waals surface area contributed by atoms with Crippen molar-refractivity contribution in [3.05, 3.63) is 29.4 Å². The number of aromatic nitrogens is 1. The first kappa shape index (κ1) is 19.1. The van der Waals surface area contributed by atoms with E-state index in [2.05, 4.69) is 4.98 Å². The van der Waals surface area contributed by atoms with Gasteiger partial charge in [0.25, 0.3) is 0 Å². The Bertz CT molecular complexity index is 899. The van der Waals surface area contributed by atoms with Crippen molar-refractivity contribution in [1.29, 1.82) is 0 Å². The van der Waals surface area contributed by atoms with Gasteiger partial charge in [0.2, 0.25) is 0 Å². The number of ether oxygens (including phenoxy) is 3. The van der Waals surface area contributed by atoms with E-state index in [-0.39, 0.29) is 6.09 Å². The van der Waals surface area contributed by atoms with Crippen LogP contribution in [0, 0.1) is 17.8 Å². The molecule has 1 amide bonds. The zero-order valence-electron chi connectivity index (χ0n) is 16.6. The van der Waals surface area contributed by atoms with Crippen molar-refractivity contribution >= 4 is 28.6 Å². The molecule has 28 heavy (non-hydrogen) atoms. The lowest BCUT2D eigenvalue weighted by Crippen LogP contribution is -2.37. The van der Waals surface area contributed by atoms with Gasteiger partial charge in [-0.3, -0.25) is 4.98 Å². The first-order valence-electron chi connectivity index (χ1n) is 9.50. The van der Waals surface area contributed by atoms with E-state index >= 15 is 0 Å². The van der Waals surface area contributed by atoms with Crippen molar-refractivity contribution in [2.24, 2.45) is 17.8 Å². The lowest BCUT2D eigenvalue weighted by molar-refractivity contribution is 0.0261. The highest BCUT2D eigenvalue weighted by Crippen LogP contribution is 2.52. The van der Waals surface area contributed by atoms with E-state index in [1.807, 2.05) is 39.0 Å². The summed E-state index contributed by atoms with van der Waals surface area (Å²) >= 11 is 6.35. The van der Waals surface area contributed by atoms with Gasteiger partial charge in [-0.15, -0.1) is 0 Å². The van der Waals surface area contributed by atoms with Gasteiger partial charge in [-0.1, -0.05) is 11.6 Å². The molecule has 1 aliphatic heterocycles. The third-order valence-electron chi connectivity index (χ3n) is 5.43. The van der Waals surface area contributed by atoms with Gasteiger partial charge in [-0.05, 0) is 50.8 Å².